The number of rotatable bonds is 8. The van der Waals surface area contributed by atoms with Crippen molar-refractivity contribution >= 4 is 27.3 Å². The molecule has 1 aliphatic heterocycles. The highest BCUT2D eigenvalue weighted by molar-refractivity contribution is 7.92. The van der Waals surface area contributed by atoms with E-state index in [2.05, 4.69) is 5.32 Å². The number of benzene rings is 4. The third-order valence-corrected chi connectivity index (χ3v) is 7.57. The van der Waals surface area contributed by atoms with Crippen LogP contribution >= 0.6 is 0 Å². The summed E-state index contributed by atoms with van der Waals surface area (Å²) in [6.07, 6.45) is 0.689. The van der Waals surface area contributed by atoms with Crippen LogP contribution < -0.4 is 19.1 Å². The number of para-hydroxylation sites is 2. The van der Waals surface area contributed by atoms with Gasteiger partial charge in [0.1, 0.15) is 17.2 Å². The third-order valence-electron chi connectivity index (χ3n) is 5.74. The van der Waals surface area contributed by atoms with Crippen LogP contribution in [0, 0.1) is 0 Å². The number of hydrogen-bond donors (Lipinski definition) is 1. The summed E-state index contributed by atoms with van der Waals surface area (Å²) in [5.41, 5.74) is 2.34. The van der Waals surface area contributed by atoms with Crippen molar-refractivity contribution in [1.82, 2.24) is 0 Å². The van der Waals surface area contributed by atoms with Crippen LogP contribution in [0.4, 0.5) is 11.4 Å². The first-order valence-electron chi connectivity index (χ1n) is 11.5. The normalized spacial score (nSPS) is 12.6. The monoisotopic (exact) mass is 500 g/mol. The zero-order valence-electron chi connectivity index (χ0n) is 19.3. The number of ether oxygens (including phenoxy) is 2. The zero-order chi connectivity index (χ0) is 25.0. The highest BCUT2D eigenvalue weighted by Gasteiger charge is 2.30. The Bertz CT molecular complexity index is 1450. The molecule has 5 rings (SSSR count). The Kier molecular flexibility index (Phi) is 6.60. The molecule has 0 spiro atoms. The van der Waals surface area contributed by atoms with Gasteiger partial charge < -0.3 is 14.8 Å². The van der Waals surface area contributed by atoms with Gasteiger partial charge in [-0.3, -0.25) is 9.10 Å². The van der Waals surface area contributed by atoms with Gasteiger partial charge in [0.2, 0.25) is 0 Å². The lowest BCUT2D eigenvalue weighted by atomic mass is 10.2. The van der Waals surface area contributed by atoms with E-state index in [9.17, 15) is 13.2 Å². The molecule has 36 heavy (non-hydrogen) atoms. The van der Waals surface area contributed by atoms with Gasteiger partial charge >= 0.3 is 0 Å². The van der Waals surface area contributed by atoms with E-state index in [0.29, 0.717) is 35.8 Å². The first-order valence-corrected chi connectivity index (χ1v) is 12.9. The number of nitrogens with zero attached hydrogens (tertiary/aromatic N) is 1. The van der Waals surface area contributed by atoms with Gasteiger partial charge in [0.15, 0.2) is 6.61 Å². The number of sulfonamides is 1. The maximum atomic E-state index is 13.1. The van der Waals surface area contributed by atoms with Gasteiger partial charge in [0, 0.05) is 12.2 Å². The van der Waals surface area contributed by atoms with Crippen molar-refractivity contribution in [3.05, 3.63) is 109 Å². The molecular formula is C28H24N2O5S. The third kappa shape index (κ3) is 5.18. The number of carbonyl (C=O) groups excluding carboxylic acids is 1. The Balaban J connectivity index is 1.15. The number of anilines is 2. The van der Waals surface area contributed by atoms with Crippen LogP contribution in [0.5, 0.6) is 17.2 Å². The number of amides is 1. The second-order valence-corrected chi connectivity index (χ2v) is 10.1. The van der Waals surface area contributed by atoms with Crippen molar-refractivity contribution in [3.63, 3.8) is 0 Å². The van der Waals surface area contributed by atoms with Gasteiger partial charge in [-0.05, 0) is 78.7 Å². The number of carbonyl (C=O) groups is 1. The predicted octanol–water partition coefficient (Wildman–Crippen LogP) is 5.25. The van der Waals surface area contributed by atoms with Crippen LogP contribution in [0.25, 0.3) is 0 Å². The van der Waals surface area contributed by atoms with Gasteiger partial charge in [-0.25, -0.2) is 8.42 Å². The molecule has 7 nitrogen and oxygen atoms in total. The quantitative estimate of drug-likeness (QED) is 0.357. The minimum Gasteiger partial charge on any atom is -0.484 e. The molecule has 8 heteroatoms. The summed E-state index contributed by atoms with van der Waals surface area (Å²) < 4.78 is 39.0. The van der Waals surface area contributed by atoms with Crippen LogP contribution in [-0.2, 0) is 21.2 Å². The van der Waals surface area contributed by atoms with Crippen LogP contribution in [0.15, 0.2) is 108 Å². The molecule has 4 aromatic rings. The second-order valence-electron chi connectivity index (χ2n) is 8.20. The first kappa shape index (κ1) is 23.4. The van der Waals surface area contributed by atoms with Crippen molar-refractivity contribution < 1.29 is 22.7 Å². The van der Waals surface area contributed by atoms with Gasteiger partial charge in [0.05, 0.1) is 10.6 Å². The Morgan fingerprint density at radius 3 is 2.17 bits per heavy atom. The number of nitrogens with one attached hydrogen (secondary N) is 1. The minimum absolute atomic E-state index is 0.175. The average Bonchev–Trinajstić information content (AvgIpc) is 3.35. The largest absolute Gasteiger partial charge is 0.484 e. The van der Waals surface area contributed by atoms with Crippen LogP contribution in [0.1, 0.15) is 5.56 Å². The Morgan fingerprint density at radius 1 is 0.778 bits per heavy atom. The minimum atomic E-state index is -3.68. The predicted molar refractivity (Wildman–Crippen MR) is 138 cm³/mol. The molecule has 1 aliphatic rings. The SMILES string of the molecule is O=C(COc1ccc(S(=O)(=O)N2CCc3ccccc32)cc1)Nc1ccc(Oc2ccccc2)cc1. The molecule has 0 aliphatic carbocycles. The molecule has 0 atom stereocenters. The van der Waals surface area contributed by atoms with E-state index in [0.717, 1.165) is 11.3 Å². The highest BCUT2D eigenvalue weighted by Crippen LogP contribution is 2.33. The van der Waals surface area contributed by atoms with E-state index < -0.39 is 10.0 Å². The molecule has 0 saturated heterocycles. The molecule has 0 bridgehead atoms. The lowest BCUT2D eigenvalue weighted by Gasteiger charge is -2.19. The Morgan fingerprint density at radius 2 is 1.42 bits per heavy atom. The van der Waals surface area contributed by atoms with Crippen molar-refractivity contribution in [2.45, 2.75) is 11.3 Å². The number of fused-ring (bicyclic) bond motifs is 1. The highest BCUT2D eigenvalue weighted by atomic mass is 32.2. The summed E-state index contributed by atoms with van der Waals surface area (Å²) in [6, 6.07) is 30.0. The van der Waals surface area contributed by atoms with Crippen molar-refractivity contribution in [1.29, 1.82) is 0 Å². The van der Waals surface area contributed by atoms with Crippen LogP contribution in [-0.4, -0.2) is 27.5 Å². The maximum Gasteiger partial charge on any atom is 0.264 e. The molecular weight excluding hydrogens is 476 g/mol. The second kappa shape index (κ2) is 10.1. The summed E-state index contributed by atoms with van der Waals surface area (Å²) in [5, 5.41) is 2.76. The van der Waals surface area contributed by atoms with Gasteiger partial charge in [-0.15, -0.1) is 0 Å². The average molecular weight is 501 g/mol. The molecule has 0 radical (unpaired) electrons. The summed E-state index contributed by atoms with van der Waals surface area (Å²) in [7, 11) is -3.68. The Labute approximate surface area is 210 Å². The molecule has 0 aromatic heterocycles. The molecule has 1 heterocycles. The molecule has 0 fully saturated rings. The van der Waals surface area contributed by atoms with E-state index in [1.807, 2.05) is 54.6 Å². The van der Waals surface area contributed by atoms with E-state index >= 15 is 0 Å². The van der Waals surface area contributed by atoms with Gasteiger partial charge in [-0.2, -0.15) is 0 Å². The Hall–Kier alpha value is -4.30. The molecule has 0 unspecified atom stereocenters. The van der Waals surface area contributed by atoms with Gasteiger partial charge in [-0.1, -0.05) is 36.4 Å². The standard InChI is InChI=1S/C28H24N2O5S/c31-28(29-22-10-12-25(13-11-22)35-24-7-2-1-3-8-24)20-34-23-14-16-26(17-15-23)36(32,33)30-19-18-21-6-4-5-9-27(21)30/h1-17H,18-20H2,(H,29,31). The summed E-state index contributed by atoms with van der Waals surface area (Å²) >= 11 is 0. The van der Waals surface area contributed by atoms with Crippen LogP contribution in [0.3, 0.4) is 0 Å². The smallest absolute Gasteiger partial charge is 0.264 e. The topological polar surface area (TPSA) is 84.9 Å². The summed E-state index contributed by atoms with van der Waals surface area (Å²) in [4.78, 5) is 12.5. The van der Waals surface area contributed by atoms with Crippen molar-refractivity contribution in [3.8, 4) is 17.2 Å². The summed E-state index contributed by atoms with van der Waals surface area (Å²) in [5.74, 6) is 1.45. The first-order chi connectivity index (χ1) is 17.5. The van der Waals surface area contributed by atoms with E-state index in [-0.39, 0.29) is 17.4 Å². The van der Waals surface area contributed by atoms with E-state index in [1.54, 1.807) is 36.4 Å². The maximum absolute atomic E-state index is 13.1. The van der Waals surface area contributed by atoms with Gasteiger partial charge in [0.25, 0.3) is 15.9 Å². The lowest BCUT2D eigenvalue weighted by Crippen LogP contribution is -2.29. The summed E-state index contributed by atoms with van der Waals surface area (Å²) in [6.45, 7) is 0.202. The molecule has 0 saturated carbocycles. The number of hydrogen-bond acceptors (Lipinski definition) is 5. The van der Waals surface area contributed by atoms with Crippen molar-refractivity contribution in [2.75, 3.05) is 22.8 Å². The zero-order valence-corrected chi connectivity index (χ0v) is 20.1. The lowest BCUT2D eigenvalue weighted by molar-refractivity contribution is -0.118. The van der Waals surface area contributed by atoms with Crippen LogP contribution in [0.2, 0.25) is 0 Å². The van der Waals surface area contributed by atoms with E-state index in [1.165, 1.54) is 16.4 Å². The fourth-order valence-corrected chi connectivity index (χ4v) is 5.47. The van der Waals surface area contributed by atoms with E-state index in [4.69, 9.17) is 9.47 Å². The fourth-order valence-electron chi connectivity index (χ4n) is 3.97. The molecule has 4 aromatic carbocycles. The molecule has 182 valence electrons. The van der Waals surface area contributed by atoms with Crippen molar-refractivity contribution in [2.24, 2.45) is 0 Å². The molecule has 1 amide bonds. The molecule has 1 N–H and O–H groups in total. The fraction of sp³-hybridized carbons (Fsp3) is 0.107.